The fraction of sp³-hybridized carbons (Fsp3) is 0.421. The molecule has 6 nitrogen and oxygen atoms in total. The van der Waals surface area contributed by atoms with E-state index in [0.717, 1.165) is 15.9 Å². The smallest absolute Gasteiger partial charge is 0.252 e. The molecule has 0 spiro atoms. The van der Waals surface area contributed by atoms with Crippen molar-refractivity contribution >= 4 is 48.9 Å². The van der Waals surface area contributed by atoms with Crippen molar-refractivity contribution in [2.75, 3.05) is 37.6 Å². The predicted octanol–water partition coefficient (Wildman–Crippen LogP) is 2.79. The molecular formula is C19H22BrN3O3S2. The Kier molecular flexibility index (Phi) is 5.63. The van der Waals surface area contributed by atoms with Gasteiger partial charge in [0.05, 0.1) is 9.83 Å². The van der Waals surface area contributed by atoms with Gasteiger partial charge >= 0.3 is 0 Å². The van der Waals surface area contributed by atoms with Gasteiger partial charge < -0.3 is 4.90 Å². The van der Waals surface area contributed by atoms with Crippen molar-refractivity contribution in [2.45, 2.75) is 23.6 Å². The van der Waals surface area contributed by atoms with Crippen molar-refractivity contribution in [3.05, 3.63) is 45.7 Å². The van der Waals surface area contributed by atoms with Crippen LogP contribution in [0.25, 0.3) is 0 Å². The van der Waals surface area contributed by atoms with Crippen LogP contribution in [0.5, 0.6) is 0 Å². The molecule has 28 heavy (non-hydrogen) atoms. The molecule has 2 aromatic rings. The number of rotatable bonds is 4. The van der Waals surface area contributed by atoms with Crippen LogP contribution in [0.2, 0.25) is 0 Å². The normalized spacial score (nSPS) is 19.6. The lowest BCUT2D eigenvalue weighted by Crippen LogP contribution is -2.55. The van der Waals surface area contributed by atoms with E-state index in [1.807, 2.05) is 30.0 Å². The minimum absolute atomic E-state index is 0.0865. The van der Waals surface area contributed by atoms with Crippen molar-refractivity contribution in [1.29, 1.82) is 0 Å². The molecule has 0 aliphatic carbocycles. The highest BCUT2D eigenvalue weighted by Crippen LogP contribution is 2.30. The van der Waals surface area contributed by atoms with E-state index in [1.54, 1.807) is 12.1 Å². The highest BCUT2D eigenvalue weighted by Gasteiger charge is 2.35. The molecule has 1 atom stereocenters. The summed E-state index contributed by atoms with van der Waals surface area (Å²) in [5.74, 6) is 0.0865. The fourth-order valence-corrected chi connectivity index (χ4v) is 7.43. The van der Waals surface area contributed by atoms with Gasteiger partial charge in [-0.25, -0.2) is 8.42 Å². The highest BCUT2D eigenvalue weighted by molar-refractivity contribution is 9.11. The third kappa shape index (κ3) is 3.66. The molecule has 1 amide bonds. The SMILES string of the molecule is C[C@@H](C(=O)N1CCc2ccccc21)N1CCN(S(=O)(=O)c2ccc(Br)s2)CC1. The van der Waals surface area contributed by atoms with Crippen LogP contribution >= 0.6 is 27.3 Å². The van der Waals surface area contributed by atoms with E-state index >= 15 is 0 Å². The first-order valence-electron chi connectivity index (χ1n) is 9.27. The van der Waals surface area contributed by atoms with E-state index in [-0.39, 0.29) is 11.9 Å². The number of para-hydroxylation sites is 1. The van der Waals surface area contributed by atoms with Gasteiger partial charge in [0.15, 0.2) is 0 Å². The zero-order valence-corrected chi connectivity index (χ0v) is 18.8. The van der Waals surface area contributed by atoms with E-state index in [9.17, 15) is 13.2 Å². The Labute approximate surface area is 177 Å². The van der Waals surface area contributed by atoms with Gasteiger partial charge in [0.1, 0.15) is 4.21 Å². The number of benzene rings is 1. The van der Waals surface area contributed by atoms with Gasteiger partial charge in [0, 0.05) is 38.4 Å². The fourth-order valence-electron chi connectivity index (χ4n) is 3.84. The van der Waals surface area contributed by atoms with E-state index in [1.165, 1.54) is 21.2 Å². The number of anilines is 1. The lowest BCUT2D eigenvalue weighted by atomic mass is 10.1. The predicted molar refractivity (Wildman–Crippen MR) is 114 cm³/mol. The average Bonchev–Trinajstić information content (AvgIpc) is 3.33. The third-order valence-corrected chi connectivity index (χ3v) is 9.46. The maximum absolute atomic E-state index is 13.1. The minimum atomic E-state index is -3.47. The van der Waals surface area contributed by atoms with Gasteiger partial charge in [0.2, 0.25) is 5.91 Å². The van der Waals surface area contributed by atoms with Gasteiger partial charge in [-0.3, -0.25) is 9.69 Å². The van der Waals surface area contributed by atoms with Crippen LogP contribution in [-0.4, -0.2) is 62.3 Å². The number of carbonyl (C=O) groups is 1. The Morgan fingerprint density at radius 2 is 1.79 bits per heavy atom. The topological polar surface area (TPSA) is 60.9 Å². The molecule has 1 aromatic heterocycles. The summed E-state index contributed by atoms with van der Waals surface area (Å²) in [6, 6.07) is 11.1. The van der Waals surface area contributed by atoms with Crippen LogP contribution < -0.4 is 4.90 Å². The van der Waals surface area contributed by atoms with Crippen LogP contribution in [-0.2, 0) is 21.2 Å². The molecule has 0 bridgehead atoms. The first-order chi connectivity index (χ1) is 13.4. The lowest BCUT2D eigenvalue weighted by Gasteiger charge is -2.37. The van der Waals surface area contributed by atoms with Crippen LogP contribution in [0.1, 0.15) is 12.5 Å². The van der Waals surface area contributed by atoms with Crippen molar-refractivity contribution in [2.24, 2.45) is 0 Å². The van der Waals surface area contributed by atoms with Gasteiger partial charge in [-0.2, -0.15) is 4.31 Å². The maximum atomic E-state index is 13.1. The summed E-state index contributed by atoms with van der Waals surface area (Å²) in [7, 11) is -3.47. The number of thiophene rings is 1. The van der Waals surface area contributed by atoms with Gasteiger partial charge in [-0.1, -0.05) is 18.2 Å². The molecule has 1 saturated heterocycles. The summed E-state index contributed by atoms with van der Waals surface area (Å²) in [4.78, 5) is 17.0. The summed E-state index contributed by atoms with van der Waals surface area (Å²) in [6.07, 6.45) is 0.886. The van der Waals surface area contributed by atoms with Crippen molar-refractivity contribution < 1.29 is 13.2 Å². The number of carbonyl (C=O) groups excluding carboxylic acids is 1. The van der Waals surface area contributed by atoms with Crippen LogP contribution in [0.3, 0.4) is 0 Å². The van der Waals surface area contributed by atoms with Gasteiger partial charge in [-0.15, -0.1) is 11.3 Å². The average molecular weight is 484 g/mol. The summed E-state index contributed by atoms with van der Waals surface area (Å²) in [5, 5.41) is 0. The molecule has 150 valence electrons. The van der Waals surface area contributed by atoms with Gasteiger partial charge in [-0.05, 0) is 53.0 Å². The second kappa shape index (κ2) is 7.87. The first kappa shape index (κ1) is 20.0. The summed E-state index contributed by atoms with van der Waals surface area (Å²) >= 11 is 4.55. The standard InChI is InChI=1S/C19H22BrN3O3S2/c1-14(19(24)23-9-8-15-4-2-3-5-16(15)23)21-10-12-22(13-11-21)28(25,26)18-7-6-17(20)27-18/h2-7,14H,8-13H2,1H3/t14-/m0/s1. The number of sulfonamides is 1. The number of hydrogen-bond acceptors (Lipinski definition) is 5. The number of nitrogens with zero attached hydrogens (tertiary/aromatic N) is 3. The van der Waals surface area contributed by atoms with E-state index < -0.39 is 10.0 Å². The number of piperazine rings is 1. The number of fused-ring (bicyclic) bond motifs is 1. The molecule has 9 heteroatoms. The molecule has 3 heterocycles. The van der Waals surface area contributed by atoms with Crippen LogP contribution in [0.4, 0.5) is 5.69 Å². The number of halogens is 1. The second-order valence-electron chi connectivity index (χ2n) is 7.04. The Bertz CT molecular complexity index is 984. The molecule has 2 aliphatic rings. The Morgan fingerprint density at radius 1 is 1.07 bits per heavy atom. The maximum Gasteiger partial charge on any atom is 0.252 e. The summed E-state index contributed by atoms with van der Waals surface area (Å²) < 4.78 is 28.2. The second-order valence-corrected chi connectivity index (χ2v) is 11.7. The summed E-state index contributed by atoms with van der Waals surface area (Å²) in [5.41, 5.74) is 2.21. The lowest BCUT2D eigenvalue weighted by molar-refractivity contribution is -0.123. The molecule has 4 rings (SSSR count). The molecule has 1 fully saturated rings. The molecule has 0 radical (unpaired) electrons. The molecule has 0 unspecified atom stereocenters. The molecular weight excluding hydrogens is 462 g/mol. The molecule has 2 aliphatic heterocycles. The molecule has 0 N–H and O–H groups in total. The number of hydrogen-bond donors (Lipinski definition) is 0. The Hall–Kier alpha value is -1.26. The largest absolute Gasteiger partial charge is 0.310 e. The Balaban J connectivity index is 1.40. The highest BCUT2D eigenvalue weighted by atomic mass is 79.9. The number of amides is 1. The Morgan fingerprint density at radius 3 is 2.46 bits per heavy atom. The quantitative estimate of drug-likeness (QED) is 0.670. The molecule has 1 aromatic carbocycles. The van der Waals surface area contributed by atoms with Crippen molar-refractivity contribution in [1.82, 2.24) is 9.21 Å². The van der Waals surface area contributed by atoms with E-state index in [2.05, 4.69) is 26.9 Å². The van der Waals surface area contributed by atoms with Crippen LogP contribution in [0, 0.1) is 0 Å². The monoisotopic (exact) mass is 483 g/mol. The minimum Gasteiger partial charge on any atom is -0.310 e. The van der Waals surface area contributed by atoms with Gasteiger partial charge in [0.25, 0.3) is 10.0 Å². The molecule has 0 saturated carbocycles. The zero-order valence-electron chi connectivity index (χ0n) is 15.5. The third-order valence-electron chi connectivity index (χ3n) is 5.47. The van der Waals surface area contributed by atoms with Crippen LogP contribution in [0.15, 0.2) is 44.4 Å². The van der Waals surface area contributed by atoms with Crippen molar-refractivity contribution in [3.8, 4) is 0 Å². The first-order valence-corrected chi connectivity index (χ1v) is 12.3. The van der Waals surface area contributed by atoms with E-state index in [0.29, 0.717) is 36.9 Å². The van der Waals surface area contributed by atoms with Crippen molar-refractivity contribution in [3.63, 3.8) is 0 Å². The summed E-state index contributed by atoms with van der Waals surface area (Å²) in [6.45, 7) is 4.52. The zero-order chi connectivity index (χ0) is 19.9. The van der Waals surface area contributed by atoms with E-state index in [4.69, 9.17) is 0 Å².